The largest absolute Gasteiger partial charge is 0.373 e. The van der Waals surface area contributed by atoms with Crippen LogP contribution in [0.4, 0.5) is 0 Å². The lowest BCUT2D eigenvalue weighted by molar-refractivity contribution is -0.0502. The zero-order valence-corrected chi connectivity index (χ0v) is 20.8. The molecular weight excluding hydrogens is 489 g/mol. The molecule has 2 unspecified atom stereocenters. The molecule has 30 heavy (non-hydrogen) atoms. The maximum atomic E-state index is 6.13. The molecule has 3 heterocycles. The molecule has 0 amide bonds. The van der Waals surface area contributed by atoms with E-state index < -0.39 is 0 Å². The van der Waals surface area contributed by atoms with Crippen molar-refractivity contribution in [2.75, 3.05) is 60.0 Å². The Balaban J connectivity index is 0.00000256. The fourth-order valence-corrected chi connectivity index (χ4v) is 5.02. The van der Waals surface area contributed by atoms with E-state index in [0.29, 0.717) is 6.04 Å². The molecule has 0 bridgehead atoms. The highest BCUT2D eigenvalue weighted by Gasteiger charge is 2.41. The number of hydrogen-bond acceptors (Lipinski definition) is 4. The Morgan fingerprint density at radius 2 is 1.90 bits per heavy atom. The molecule has 3 aliphatic rings. The lowest BCUT2D eigenvalue weighted by Crippen LogP contribution is -2.50. The third-order valence-corrected chi connectivity index (χ3v) is 6.83. The fourth-order valence-electron chi connectivity index (χ4n) is 5.02. The first-order chi connectivity index (χ1) is 14.2. The van der Waals surface area contributed by atoms with Crippen LogP contribution in [0, 0.1) is 5.92 Å². The minimum absolute atomic E-state index is 0. The summed E-state index contributed by atoms with van der Waals surface area (Å²) in [5.41, 5.74) is 1.38. The number of nitrogens with one attached hydrogen (secondary N) is 1. The number of aliphatic imine (C=N–C) groups is 1. The van der Waals surface area contributed by atoms with Gasteiger partial charge in [0.05, 0.1) is 18.8 Å². The molecule has 1 N–H and O–H groups in total. The van der Waals surface area contributed by atoms with Gasteiger partial charge in [0.15, 0.2) is 5.96 Å². The van der Waals surface area contributed by atoms with Gasteiger partial charge in [-0.15, -0.1) is 24.0 Å². The molecule has 0 radical (unpaired) electrons. The van der Waals surface area contributed by atoms with Crippen molar-refractivity contribution in [2.45, 2.75) is 38.0 Å². The Morgan fingerprint density at radius 3 is 2.63 bits per heavy atom. The summed E-state index contributed by atoms with van der Waals surface area (Å²) in [6.07, 6.45) is 4.17. The van der Waals surface area contributed by atoms with E-state index >= 15 is 0 Å². The monoisotopic (exact) mass is 527 g/mol. The molecule has 3 saturated heterocycles. The second-order valence-electron chi connectivity index (χ2n) is 8.85. The predicted molar refractivity (Wildman–Crippen MR) is 134 cm³/mol. The highest BCUT2D eigenvalue weighted by molar-refractivity contribution is 14.0. The van der Waals surface area contributed by atoms with Gasteiger partial charge in [-0.3, -0.25) is 9.89 Å². The van der Waals surface area contributed by atoms with Crippen LogP contribution in [0.5, 0.6) is 0 Å². The van der Waals surface area contributed by atoms with E-state index in [0.717, 1.165) is 51.2 Å². The van der Waals surface area contributed by atoms with E-state index in [1.165, 1.54) is 37.9 Å². The van der Waals surface area contributed by atoms with Crippen LogP contribution in [-0.2, 0) is 11.3 Å². The number of guanidine groups is 1. The molecular formula is C23H38IN5O. The molecule has 0 aromatic heterocycles. The van der Waals surface area contributed by atoms with Gasteiger partial charge in [0.2, 0.25) is 0 Å². The number of likely N-dealkylation sites (tertiary alicyclic amines) is 2. The standard InChI is InChI=1S/C23H37N5O.HI/c1-24-23(25-11-8-19-9-12-26(2)13-10-19)28-17-21-22(18-28)29-15-14-27(21)16-20-6-4-3-5-7-20;/h3-7,19,21-22H,8-18H2,1-2H3,(H,24,25);1H. The molecule has 0 saturated carbocycles. The third-order valence-electron chi connectivity index (χ3n) is 6.83. The molecule has 1 aromatic rings. The molecule has 0 spiro atoms. The number of fused-ring (bicyclic) bond motifs is 1. The van der Waals surface area contributed by atoms with Crippen LogP contribution in [0.25, 0.3) is 0 Å². The quantitative estimate of drug-likeness (QED) is 0.362. The second-order valence-corrected chi connectivity index (χ2v) is 8.85. The Kier molecular flexibility index (Phi) is 9.22. The Hall–Kier alpha value is -0.900. The number of ether oxygens (including phenoxy) is 1. The van der Waals surface area contributed by atoms with Crippen molar-refractivity contribution in [2.24, 2.45) is 10.9 Å². The number of piperidine rings is 1. The number of rotatable bonds is 5. The first-order valence-electron chi connectivity index (χ1n) is 11.3. The molecule has 3 fully saturated rings. The molecule has 4 rings (SSSR count). The predicted octanol–water partition coefficient (Wildman–Crippen LogP) is 2.50. The van der Waals surface area contributed by atoms with E-state index in [4.69, 9.17) is 4.74 Å². The second kappa shape index (κ2) is 11.6. The number of nitrogens with zero attached hydrogens (tertiary/aromatic N) is 4. The average molecular weight is 527 g/mol. The van der Waals surface area contributed by atoms with Crippen LogP contribution in [0.3, 0.4) is 0 Å². The van der Waals surface area contributed by atoms with Gasteiger partial charge in [-0.2, -0.15) is 0 Å². The van der Waals surface area contributed by atoms with Gasteiger partial charge in [0.1, 0.15) is 0 Å². The summed E-state index contributed by atoms with van der Waals surface area (Å²) in [7, 11) is 4.13. The van der Waals surface area contributed by atoms with Crippen molar-refractivity contribution in [3.63, 3.8) is 0 Å². The highest BCUT2D eigenvalue weighted by atomic mass is 127. The summed E-state index contributed by atoms with van der Waals surface area (Å²) in [5.74, 6) is 1.89. The van der Waals surface area contributed by atoms with E-state index in [1.807, 2.05) is 7.05 Å². The molecule has 0 aliphatic carbocycles. The fraction of sp³-hybridized carbons (Fsp3) is 0.696. The van der Waals surface area contributed by atoms with Crippen molar-refractivity contribution in [3.05, 3.63) is 35.9 Å². The maximum Gasteiger partial charge on any atom is 0.193 e. The maximum absolute atomic E-state index is 6.13. The van der Waals surface area contributed by atoms with Crippen LogP contribution in [0.1, 0.15) is 24.8 Å². The van der Waals surface area contributed by atoms with Crippen molar-refractivity contribution in [1.29, 1.82) is 0 Å². The Morgan fingerprint density at radius 1 is 1.13 bits per heavy atom. The summed E-state index contributed by atoms with van der Waals surface area (Å²) >= 11 is 0. The first kappa shape index (κ1) is 23.8. The van der Waals surface area contributed by atoms with Gasteiger partial charge >= 0.3 is 0 Å². The van der Waals surface area contributed by atoms with Gasteiger partial charge < -0.3 is 19.9 Å². The number of halogens is 1. The average Bonchev–Trinajstić information content (AvgIpc) is 3.18. The molecule has 2 atom stereocenters. The lowest BCUT2D eigenvalue weighted by atomic mass is 9.94. The van der Waals surface area contributed by atoms with E-state index in [2.05, 4.69) is 62.4 Å². The molecule has 168 valence electrons. The van der Waals surface area contributed by atoms with Crippen LogP contribution >= 0.6 is 24.0 Å². The normalized spacial score (nSPS) is 26.3. The van der Waals surface area contributed by atoms with Crippen molar-refractivity contribution in [1.82, 2.24) is 20.0 Å². The van der Waals surface area contributed by atoms with E-state index in [-0.39, 0.29) is 30.1 Å². The third kappa shape index (κ3) is 6.08. The minimum atomic E-state index is 0. The van der Waals surface area contributed by atoms with Crippen LogP contribution in [-0.4, -0.2) is 92.8 Å². The zero-order valence-electron chi connectivity index (χ0n) is 18.5. The lowest BCUT2D eigenvalue weighted by Gasteiger charge is -2.36. The summed E-state index contributed by atoms with van der Waals surface area (Å²) in [5, 5.41) is 3.63. The molecule has 7 heteroatoms. The van der Waals surface area contributed by atoms with Crippen LogP contribution < -0.4 is 5.32 Å². The molecule has 3 aliphatic heterocycles. The smallest absolute Gasteiger partial charge is 0.193 e. The van der Waals surface area contributed by atoms with Crippen molar-refractivity contribution in [3.8, 4) is 0 Å². The zero-order chi connectivity index (χ0) is 20.1. The van der Waals surface area contributed by atoms with Crippen LogP contribution in [0.15, 0.2) is 35.3 Å². The van der Waals surface area contributed by atoms with Crippen molar-refractivity contribution >= 4 is 29.9 Å². The van der Waals surface area contributed by atoms with Crippen LogP contribution in [0.2, 0.25) is 0 Å². The minimum Gasteiger partial charge on any atom is -0.373 e. The summed E-state index contributed by atoms with van der Waals surface area (Å²) in [6, 6.07) is 11.2. The topological polar surface area (TPSA) is 43.3 Å². The van der Waals surface area contributed by atoms with E-state index in [1.54, 1.807) is 0 Å². The Labute approximate surface area is 199 Å². The number of morpholine rings is 1. The van der Waals surface area contributed by atoms with Gasteiger partial charge in [0.25, 0.3) is 0 Å². The summed E-state index contributed by atoms with van der Waals surface area (Å²) < 4.78 is 6.13. The van der Waals surface area contributed by atoms with Gasteiger partial charge in [-0.1, -0.05) is 30.3 Å². The Bertz CT molecular complexity index is 665. The van der Waals surface area contributed by atoms with Crippen molar-refractivity contribution < 1.29 is 4.74 Å². The summed E-state index contributed by atoms with van der Waals surface area (Å²) in [6.45, 7) is 8.25. The first-order valence-corrected chi connectivity index (χ1v) is 11.3. The van der Waals surface area contributed by atoms with Gasteiger partial charge in [0, 0.05) is 39.8 Å². The number of benzene rings is 1. The van der Waals surface area contributed by atoms with Gasteiger partial charge in [-0.25, -0.2) is 0 Å². The number of hydrogen-bond donors (Lipinski definition) is 1. The van der Waals surface area contributed by atoms with Gasteiger partial charge in [-0.05, 0) is 50.9 Å². The van der Waals surface area contributed by atoms with E-state index in [9.17, 15) is 0 Å². The highest BCUT2D eigenvalue weighted by Crippen LogP contribution is 2.25. The molecule has 1 aromatic carbocycles. The molecule has 6 nitrogen and oxygen atoms in total. The summed E-state index contributed by atoms with van der Waals surface area (Å²) in [4.78, 5) is 12.0. The SMILES string of the molecule is CN=C(NCCC1CCN(C)CC1)N1CC2OCCN(Cc3ccccc3)C2C1.I.